The Bertz CT molecular complexity index is 1590. The molecule has 0 saturated heterocycles. The van der Waals surface area contributed by atoms with Crippen LogP contribution in [0.4, 0.5) is 5.69 Å². The molecule has 1 amide bonds. The number of hydrogen-bond donors (Lipinski definition) is 1. The van der Waals surface area contributed by atoms with Crippen molar-refractivity contribution in [3.05, 3.63) is 118 Å². The Balaban J connectivity index is 1.46. The standard InChI is InChI=1S/C29H29ClN4O3S/c1-20-6-5-7-28(16-20)34-21(2)17-25(22(34)3)18-31-32-29(35)24-10-14-27(15-11-24)33(38(4,36)37)19-23-8-12-26(30)13-9-23/h5-18H,19H2,1-4H3,(H,32,35)/b31-18-. The van der Waals surface area contributed by atoms with E-state index in [4.69, 9.17) is 11.6 Å². The Labute approximate surface area is 228 Å². The maximum absolute atomic E-state index is 12.7. The molecular weight excluding hydrogens is 520 g/mol. The van der Waals surface area contributed by atoms with E-state index in [9.17, 15) is 13.2 Å². The number of nitrogens with one attached hydrogen (secondary N) is 1. The molecule has 38 heavy (non-hydrogen) atoms. The summed E-state index contributed by atoms with van der Waals surface area (Å²) in [6.45, 7) is 6.24. The van der Waals surface area contributed by atoms with Crippen LogP contribution in [0.15, 0.2) is 84.0 Å². The summed E-state index contributed by atoms with van der Waals surface area (Å²) in [6, 6.07) is 23.6. The molecule has 9 heteroatoms. The minimum atomic E-state index is -3.56. The van der Waals surface area contributed by atoms with E-state index in [0.717, 1.165) is 34.5 Å². The van der Waals surface area contributed by atoms with Crippen LogP contribution in [0.3, 0.4) is 0 Å². The van der Waals surface area contributed by atoms with Crippen molar-refractivity contribution >= 4 is 39.4 Å². The molecule has 0 unspecified atom stereocenters. The van der Waals surface area contributed by atoms with Gasteiger partial charge in [-0.1, -0.05) is 35.9 Å². The van der Waals surface area contributed by atoms with Crippen LogP contribution in [0.25, 0.3) is 5.69 Å². The van der Waals surface area contributed by atoms with Gasteiger partial charge in [-0.05, 0) is 86.5 Å². The Morgan fingerprint density at radius 3 is 2.32 bits per heavy atom. The SMILES string of the molecule is Cc1cccc(-n2c(C)cc(/C=N\NC(=O)c3ccc(N(Cc4ccc(Cl)cc4)S(C)(=O)=O)cc3)c2C)c1. The van der Waals surface area contributed by atoms with Gasteiger partial charge in [0, 0.05) is 33.2 Å². The number of anilines is 1. The summed E-state index contributed by atoms with van der Waals surface area (Å²) < 4.78 is 28.3. The number of benzene rings is 3. The lowest BCUT2D eigenvalue weighted by Crippen LogP contribution is -2.29. The summed E-state index contributed by atoms with van der Waals surface area (Å²) in [5, 5.41) is 4.72. The summed E-state index contributed by atoms with van der Waals surface area (Å²) in [6.07, 6.45) is 2.77. The number of carbonyl (C=O) groups excluding carboxylic acids is 1. The lowest BCUT2D eigenvalue weighted by atomic mass is 10.2. The number of aryl methyl sites for hydroxylation is 2. The summed E-state index contributed by atoms with van der Waals surface area (Å²) in [5.41, 5.74) is 9.36. The fourth-order valence-corrected chi connectivity index (χ4v) is 5.26. The van der Waals surface area contributed by atoms with Crippen LogP contribution in [0, 0.1) is 20.8 Å². The van der Waals surface area contributed by atoms with Gasteiger partial charge in [0.1, 0.15) is 0 Å². The molecule has 0 aliphatic rings. The van der Waals surface area contributed by atoms with Gasteiger partial charge in [0.05, 0.1) is 24.7 Å². The number of hydrazone groups is 1. The van der Waals surface area contributed by atoms with Gasteiger partial charge < -0.3 is 4.57 Å². The highest BCUT2D eigenvalue weighted by Crippen LogP contribution is 2.23. The zero-order chi connectivity index (χ0) is 27.4. The van der Waals surface area contributed by atoms with E-state index in [1.807, 2.05) is 26.0 Å². The maximum atomic E-state index is 12.7. The smallest absolute Gasteiger partial charge is 0.271 e. The lowest BCUT2D eigenvalue weighted by Gasteiger charge is -2.22. The van der Waals surface area contributed by atoms with Crippen molar-refractivity contribution < 1.29 is 13.2 Å². The molecule has 0 atom stereocenters. The van der Waals surface area contributed by atoms with Crippen molar-refractivity contribution in [2.24, 2.45) is 5.10 Å². The highest BCUT2D eigenvalue weighted by atomic mass is 35.5. The Morgan fingerprint density at radius 1 is 1.00 bits per heavy atom. The molecule has 0 aliphatic heterocycles. The molecule has 7 nitrogen and oxygen atoms in total. The quantitative estimate of drug-likeness (QED) is 0.223. The average molecular weight is 549 g/mol. The first-order valence-electron chi connectivity index (χ1n) is 11.9. The van der Waals surface area contributed by atoms with Gasteiger partial charge in [-0.15, -0.1) is 0 Å². The van der Waals surface area contributed by atoms with Crippen molar-refractivity contribution in [3.63, 3.8) is 0 Å². The Hall–Kier alpha value is -3.88. The molecule has 0 radical (unpaired) electrons. The largest absolute Gasteiger partial charge is 0.318 e. The van der Waals surface area contributed by atoms with Crippen molar-refractivity contribution in [1.82, 2.24) is 9.99 Å². The second-order valence-corrected chi connectivity index (χ2v) is 11.5. The van der Waals surface area contributed by atoms with Crippen molar-refractivity contribution in [3.8, 4) is 5.69 Å². The predicted octanol–water partition coefficient (Wildman–Crippen LogP) is 5.79. The molecule has 0 fully saturated rings. The van der Waals surface area contributed by atoms with Gasteiger partial charge in [-0.2, -0.15) is 5.10 Å². The van der Waals surface area contributed by atoms with Gasteiger partial charge in [-0.3, -0.25) is 9.10 Å². The second-order valence-electron chi connectivity index (χ2n) is 9.14. The number of halogens is 1. The van der Waals surface area contributed by atoms with Crippen molar-refractivity contribution in [1.29, 1.82) is 0 Å². The van der Waals surface area contributed by atoms with Crippen LogP contribution in [0.2, 0.25) is 5.02 Å². The van der Waals surface area contributed by atoms with Gasteiger partial charge in [-0.25, -0.2) is 13.8 Å². The number of nitrogens with zero attached hydrogens (tertiary/aromatic N) is 3. The predicted molar refractivity (Wildman–Crippen MR) is 154 cm³/mol. The van der Waals surface area contributed by atoms with Crippen LogP contribution >= 0.6 is 11.6 Å². The van der Waals surface area contributed by atoms with Crippen LogP contribution in [0.5, 0.6) is 0 Å². The van der Waals surface area contributed by atoms with Gasteiger partial charge in [0.2, 0.25) is 10.0 Å². The number of rotatable bonds is 8. The number of amides is 1. The number of hydrogen-bond acceptors (Lipinski definition) is 4. The van der Waals surface area contributed by atoms with Crippen LogP contribution < -0.4 is 9.73 Å². The summed E-state index contributed by atoms with van der Waals surface area (Å²) >= 11 is 5.94. The van der Waals surface area contributed by atoms with E-state index in [0.29, 0.717) is 16.3 Å². The molecule has 0 saturated carbocycles. The minimum Gasteiger partial charge on any atom is -0.318 e. The van der Waals surface area contributed by atoms with E-state index >= 15 is 0 Å². The fourth-order valence-electron chi connectivity index (χ4n) is 4.24. The minimum absolute atomic E-state index is 0.146. The third kappa shape index (κ3) is 6.33. The fraction of sp³-hybridized carbons (Fsp3) is 0.172. The molecule has 4 aromatic rings. The molecule has 1 heterocycles. The molecule has 4 rings (SSSR count). The average Bonchev–Trinajstić information content (AvgIpc) is 3.15. The summed E-state index contributed by atoms with van der Waals surface area (Å²) in [4.78, 5) is 12.7. The maximum Gasteiger partial charge on any atom is 0.271 e. The Morgan fingerprint density at radius 2 is 1.68 bits per heavy atom. The summed E-state index contributed by atoms with van der Waals surface area (Å²) in [5.74, 6) is -0.399. The number of carbonyl (C=O) groups is 1. The monoisotopic (exact) mass is 548 g/mol. The Kier molecular flexibility index (Phi) is 8.04. The molecule has 3 aromatic carbocycles. The first kappa shape index (κ1) is 27.2. The summed E-state index contributed by atoms with van der Waals surface area (Å²) in [7, 11) is -3.56. The molecule has 0 spiro atoms. The normalized spacial score (nSPS) is 11.6. The van der Waals surface area contributed by atoms with E-state index in [2.05, 4.69) is 40.2 Å². The third-order valence-electron chi connectivity index (χ3n) is 6.16. The van der Waals surface area contributed by atoms with Crippen LogP contribution in [0.1, 0.15) is 38.4 Å². The number of aromatic nitrogens is 1. The van der Waals surface area contributed by atoms with Gasteiger partial charge >= 0.3 is 0 Å². The molecule has 196 valence electrons. The van der Waals surface area contributed by atoms with Crippen molar-refractivity contribution in [2.75, 3.05) is 10.6 Å². The van der Waals surface area contributed by atoms with E-state index < -0.39 is 15.9 Å². The van der Waals surface area contributed by atoms with E-state index in [-0.39, 0.29) is 6.54 Å². The van der Waals surface area contributed by atoms with Gasteiger partial charge in [0.25, 0.3) is 5.91 Å². The van der Waals surface area contributed by atoms with Gasteiger partial charge in [0.15, 0.2) is 0 Å². The highest BCUT2D eigenvalue weighted by molar-refractivity contribution is 7.92. The molecule has 0 bridgehead atoms. The zero-order valence-corrected chi connectivity index (χ0v) is 23.2. The van der Waals surface area contributed by atoms with E-state index in [1.54, 1.807) is 54.7 Å². The molecular formula is C29H29ClN4O3S. The third-order valence-corrected chi connectivity index (χ3v) is 7.55. The lowest BCUT2D eigenvalue weighted by molar-refractivity contribution is 0.0955. The van der Waals surface area contributed by atoms with E-state index in [1.165, 1.54) is 9.87 Å². The molecule has 0 aliphatic carbocycles. The first-order valence-corrected chi connectivity index (χ1v) is 14.2. The van der Waals surface area contributed by atoms with Crippen molar-refractivity contribution in [2.45, 2.75) is 27.3 Å². The second kappa shape index (κ2) is 11.2. The molecule has 1 N–H and O–H groups in total. The highest BCUT2D eigenvalue weighted by Gasteiger charge is 2.18. The molecule has 1 aromatic heterocycles. The number of sulfonamides is 1. The topological polar surface area (TPSA) is 83.8 Å². The zero-order valence-electron chi connectivity index (χ0n) is 21.6. The first-order chi connectivity index (χ1) is 18.0. The van der Waals surface area contributed by atoms with Crippen LogP contribution in [-0.4, -0.2) is 31.4 Å². The van der Waals surface area contributed by atoms with Crippen LogP contribution in [-0.2, 0) is 16.6 Å².